The molecule has 0 aliphatic heterocycles. The maximum absolute atomic E-state index is 10.9. The molecule has 0 bridgehead atoms. The highest BCUT2D eigenvalue weighted by Gasteiger charge is 2.24. The fourth-order valence-electron chi connectivity index (χ4n) is 1.06. The van der Waals surface area contributed by atoms with Gasteiger partial charge < -0.3 is 20.1 Å². The van der Waals surface area contributed by atoms with Crippen LogP contribution in [0.5, 0.6) is 0 Å². The number of hydrogen-bond acceptors (Lipinski definition) is 7. The van der Waals surface area contributed by atoms with Gasteiger partial charge in [-0.3, -0.25) is 4.79 Å². The largest absolute Gasteiger partial charge is 0.469 e. The number of esters is 1. The van der Waals surface area contributed by atoms with Gasteiger partial charge in [-0.2, -0.15) is 0 Å². The number of rotatable bonds is 5. The van der Waals surface area contributed by atoms with E-state index >= 15 is 0 Å². The van der Waals surface area contributed by atoms with Gasteiger partial charge in [0.25, 0.3) is 0 Å². The highest BCUT2D eigenvalue weighted by molar-refractivity contribution is 7.11. The van der Waals surface area contributed by atoms with E-state index in [4.69, 9.17) is 5.11 Å². The summed E-state index contributed by atoms with van der Waals surface area (Å²) in [4.78, 5) is 15.3. The zero-order valence-electron chi connectivity index (χ0n) is 8.66. The SMILES string of the molecule is COC(=O)CC(O)C(O)c1ncc(CO)s1. The molecule has 0 saturated heterocycles. The van der Waals surface area contributed by atoms with Gasteiger partial charge in [0.15, 0.2) is 0 Å². The predicted octanol–water partition coefficient (Wildman–Crippen LogP) is -0.407. The Bertz CT molecular complexity index is 353. The van der Waals surface area contributed by atoms with Crippen LogP contribution >= 0.6 is 11.3 Å². The average Bonchev–Trinajstić information content (AvgIpc) is 2.76. The number of carbonyl (C=O) groups is 1. The molecule has 0 aliphatic rings. The second kappa shape index (κ2) is 5.90. The molecule has 0 saturated carbocycles. The number of ether oxygens (including phenoxy) is 1. The quantitative estimate of drug-likeness (QED) is 0.612. The van der Waals surface area contributed by atoms with E-state index < -0.39 is 18.2 Å². The van der Waals surface area contributed by atoms with Crippen molar-refractivity contribution < 1.29 is 24.9 Å². The smallest absolute Gasteiger partial charge is 0.308 e. The highest BCUT2D eigenvalue weighted by Crippen LogP contribution is 2.24. The lowest BCUT2D eigenvalue weighted by molar-refractivity contribution is -0.144. The van der Waals surface area contributed by atoms with Crippen molar-refractivity contribution in [3.63, 3.8) is 0 Å². The molecule has 2 atom stereocenters. The second-order valence-corrected chi connectivity index (χ2v) is 4.26. The summed E-state index contributed by atoms with van der Waals surface area (Å²) in [5.74, 6) is -0.606. The third kappa shape index (κ3) is 3.24. The third-order valence-electron chi connectivity index (χ3n) is 1.95. The van der Waals surface area contributed by atoms with Gasteiger partial charge in [0, 0.05) is 6.20 Å². The molecule has 1 aromatic rings. The number of carbonyl (C=O) groups excluding carboxylic acids is 1. The van der Waals surface area contributed by atoms with Gasteiger partial charge in [0.1, 0.15) is 11.1 Å². The van der Waals surface area contributed by atoms with Crippen LogP contribution in [-0.4, -0.2) is 39.5 Å². The van der Waals surface area contributed by atoms with Crippen LogP contribution in [0, 0.1) is 0 Å². The molecule has 1 heterocycles. The lowest BCUT2D eigenvalue weighted by Gasteiger charge is -2.13. The van der Waals surface area contributed by atoms with Gasteiger partial charge in [0.05, 0.1) is 31.1 Å². The first-order valence-corrected chi connectivity index (χ1v) is 5.38. The summed E-state index contributed by atoms with van der Waals surface area (Å²) in [5, 5.41) is 28.2. The van der Waals surface area contributed by atoms with Crippen molar-refractivity contribution in [1.29, 1.82) is 0 Å². The van der Waals surface area contributed by atoms with E-state index in [0.29, 0.717) is 4.88 Å². The minimum Gasteiger partial charge on any atom is -0.469 e. The number of methoxy groups -OCH3 is 1. The molecule has 7 heteroatoms. The molecule has 2 unspecified atom stereocenters. The molecule has 6 nitrogen and oxygen atoms in total. The summed E-state index contributed by atoms with van der Waals surface area (Å²) in [6.07, 6.45) is -1.39. The van der Waals surface area contributed by atoms with E-state index in [1.54, 1.807) is 0 Å². The first-order chi connectivity index (χ1) is 7.58. The summed E-state index contributed by atoms with van der Waals surface area (Å²) >= 11 is 1.08. The summed E-state index contributed by atoms with van der Waals surface area (Å²) in [5.41, 5.74) is 0. The lowest BCUT2D eigenvalue weighted by atomic mass is 10.1. The maximum Gasteiger partial charge on any atom is 0.308 e. The molecule has 0 amide bonds. The third-order valence-corrected chi connectivity index (χ3v) is 3.00. The van der Waals surface area contributed by atoms with Gasteiger partial charge in [0.2, 0.25) is 0 Å². The van der Waals surface area contributed by atoms with Crippen molar-refractivity contribution in [2.75, 3.05) is 7.11 Å². The Balaban J connectivity index is 2.62. The standard InChI is InChI=1S/C9H13NO5S/c1-15-7(13)2-6(12)8(14)9-10-3-5(4-11)16-9/h3,6,8,11-12,14H,2,4H2,1H3. The molecule has 0 spiro atoms. The fraction of sp³-hybridized carbons (Fsp3) is 0.556. The lowest BCUT2D eigenvalue weighted by Crippen LogP contribution is -2.22. The van der Waals surface area contributed by atoms with E-state index in [1.807, 2.05) is 0 Å². The first kappa shape index (κ1) is 13.0. The topological polar surface area (TPSA) is 99.9 Å². The van der Waals surface area contributed by atoms with Gasteiger partial charge in [-0.05, 0) is 0 Å². The Morgan fingerprint density at radius 1 is 1.62 bits per heavy atom. The molecule has 3 N–H and O–H groups in total. The van der Waals surface area contributed by atoms with Crippen LogP contribution in [0.1, 0.15) is 22.4 Å². The van der Waals surface area contributed by atoms with E-state index in [2.05, 4.69) is 9.72 Å². The zero-order chi connectivity index (χ0) is 12.1. The normalized spacial score (nSPS) is 14.5. The number of thiazole rings is 1. The summed E-state index contributed by atoms with van der Waals surface area (Å²) in [6.45, 7) is -0.169. The number of hydrogen-bond donors (Lipinski definition) is 3. The van der Waals surface area contributed by atoms with E-state index in [9.17, 15) is 15.0 Å². The molecule has 0 aromatic carbocycles. The Morgan fingerprint density at radius 3 is 2.81 bits per heavy atom. The Kier molecular flexibility index (Phi) is 4.81. The second-order valence-electron chi connectivity index (χ2n) is 3.12. The van der Waals surface area contributed by atoms with Crippen LogP contribution in [0.4, 0.5) is 0 Å². The molecule has 0 fully saturated rings. The van der Waals surface area contributed by atoms with Crippen LogP contribution in [0.2, 0.25) is 0 Å². The van der Waals surface area contributed by atoms with Crippen molar-refractivity contribution in [3.8, 4) is 0 Å². The molecular weight excluding hydrogens is 234 g/mol. The molecule has 16 heavy (non-hydrogen) atoms. The van der Waals surface area contributed by atoms with Crippen LogP contribution in [-0.2, 0) is 16.1 Å². The molecule has 90 valence electrons. The zero-order valence-corrected chi connectivity index (χ0v) is 9.48. The predicted molar refractivity (Wildman–Crippen MR) is 55.6 cm³/mol. The van der Waals surface area contributed by atoms with Gasteiger partial charge >= 0.3 is 5.97 Å². The summed E-state index contributed by atoms with van der Waals surface area (Å²) in [7, 11) is 1.20. The highest BCUT2D eigenvalue weighted by atomic mass is 32.1. The number of aliphatic hydroxyl groups is 3. The van der Waals surface area contributed by atoms with Crippen molar-refractivity contribution >= 4 is 17.3 Å². The minimum atomic E-state index is -1.26. The van der Waals surface area contributed by atoms with Crippen LogP contribution in [0.25, 0.3) is 0 Å². The van der Waals surface area contributed by atoms with Crippen LogP contribution in [0.3, 0.4) is 0 Å². The fourth-order valence-corrected chi connectivity index (χ4v) is 1.88. The van der Waals surface area contributed by atoms with E-state index in [-0.39, 0.29) is 18.0 Å². The van der Waals surface area contributed by atoms with E-state index in [0.717, 1.165) is 11.3 Å². The number of aliphatic hydroxyl groups excluding tert-OH is 3. The van der Waals surface area contributed by atoms with Crippen molar-refractivity contribution in [1.82, 2.24) is 4.98 Å². The first-order valence-electron chi connectivity index (χ1n) is 4.57. The Morgan fingerprint density at radius 2 is 2.31 bits per heavy atom. The molecule has 1 aromatic heterocycles. The molecule has 0 aliphatic carbocycles. The summed E-state index contributed by atoms with van der Waals surface area (Å²) in [6, 6.07) is 0. The average molecular weight is 247 g/mol. The number of nitrogens with zero attached hydrogens (tertiary/aromatic N) is 1. The van der Waals surface area contributed by atoms with Crippen molar-refractivity contribution in [2.24, 2.45) is 0 Å². The molecule has 0 radical (unpaired) electrons. The Labute approximate surface area is 96.1 Å². The van der Waals surface area contributed by atoms with Crippen molar-refractivity contribution in [2.45, 2.75) is 25.2 Å². The molecular formula is C9H13NO5S. The van der Waals surface area contributed by atoms with Gasteiger partial charge in [-0.15, -0.1) is 11.3 Å². The summed E-state index contributed by atoms with van der Waals surface area (Å²) < 4.78 is 4.37. The number of aromatic nitrogens is 1. The van der Waals surface area contributed by atoms with Crippen molar-refractivity contribution in [3.05, 3.63) is 16.1 Å². The Hall–Kier alpha value is -1.02. The minimum absolute atomic E-state index is 0.169. The van der Waals surface area contributed by atoms with Crippen LogP contribution in [0.15, 0.2) is 6.20 Å². The maximum atomic E-state index is 10.9. The van der Waals surface area contributed by atoms with E-state index in [1.165, 1.54) is 13.3 Å². The molecule has 1 rings (SSSR count). The van der Waals surface area contributed by atoms with Gasteiger partial charge in [-0.1, -0.05) is 0 Å². The van der Waals surface area contributed by atoms with Crippen LogP contribution < -0.4 is 0 Å². The van der Waals surface area contributed by atoms with Gasteiger partial charge in [-0.25, -0.2) is 4.98 Å². The monoisotopic (exact) mass is 247 g/mol.